The van der Waals surface area contributed by atoms with E-state index in [2.05, 4.69) is 0 Å². The molecule has 16 heavy (non-hydrogen) atoms. The maximum atomic E-state index is 10.6. The molecule has 0 saturated carbocycles. The van der Waals surface area contributed by atoms with E-state index in [9.17, 15) is 4.79 Å². The van der Waals surface area contributed by atoms with Crippen LogP contribution in [0.25, 0.3) is 0 Å². The van der Waals surface area contributed by atoms with Crippen LogP contribution in [0, 0.1) is 0 Å². The SMILES string of the molecule is O=C(O)c1ccc(Oc2ccccc2Cl)o1. The van der Waals surface area contributed by atoms with Gasteiger partial charge in [0.1, 0.15) is 5.75 Å². The van der Waals surface area contributed by atoms with Crippen molar-refractivity contribution in [3.63, 3.8) is 0 Å². The van der Waals surface area contributed by atoms with Gasteiger partial charge >= 0.3 is 5.97 Å². The first-order valence-electron chi connectivity index (χ1n) is 4.42. The molecule has 82 valence electrons. The van der Waals surface area contributed by atoms with Crippen molar-refractivity contribution in [1.29, 1.82) is 0 Å². The number of para-hydroxylation sites is 1. The van der Waals surface area contributed by atoms with Gasteiger partial charge in [-0.05, 0) is 18.2 Å². The largest absolute Gasteiger partial charge is 0.475 e. The van der Waals surface area contributed by atoms with Crippen molar-refractivity contribution < 1.29 is 19.1 Å². The summed E-state index contributed by atoms with van der Waals surface area (Å²) in [6.45, 7) is 0. The molecule has 4 nitrogen and oxygen atoms in total. The quantitative estimate of drug-likeness (QED) is 0.890. The van der Waals surface area contributed by atoms with Crippen LogP contribution >= 0.6 is 11.6 Å². The first-order valence-corrected chi connectivity index (χ1v) is 4.80. The lowest BCUT2D eigenvalue weighted by Crippen LogP contribution is -1.91. The molecule has 0 spiro atoms. The van der Waals surface area contributed by atoms with E-state index < -0.39 is 5.97 Å². The van der Waals surface area contributed by atoms with Gasteiger partial charge in [0.15, 0.2) is 0 Å². The van der Waals surface area contributed by atoms with Crippen LogP contribution in [0.4, 0.5) is 0 Å². The van der Waals surface area contributed by atoms with E-state index in [1.807, 2.05) is 0 Å². The normalized spacial score (nSPS) is 10.1. The van der Waals surface area contributed by atoms with Crippen molar-refractivity contribution in [2.45, 2.75) is 0 Å². The van der Waals surface area contributed by atoms with E-state index in [-0.39, 0.29) is 11.7 Å². The lowest BCUT2D eigenvalue weighted by atomic mass is 10.3. The van der Waals surface area contributed by atoms with Gasteiger partial charge in [0.05, 0.1) is 5.02 Å². The third-order valence-corrected chi connectivity index (χ3v) is 2.15. The third kappa shape index (κ3) is 2.17. The number of carbonyl (C=O) groups is 1. The molecule has 2 rings (SSSR count). The molecule has 1 aromatic carbocycles. The van der Waals surface area contributed by atoms with Gasteiger partial charge in [-0.1, -0.05) is 23.7 Å². The maximum absolute atomic E-state index is 10.6. The molecule has 5 heteroatoms. The fourth-order valence-electron chi connectivity index (χ4n) is 1.13. The van der Waals surface area contributed by atoms with Crippen molar-refractivity contribution in [3.05, 3.63) is 47.2 Å². The molecule has 0 saturated heterocycles. The highest BCUT2D eigenvalue weighted by atomic mass is 35.5. The molecule has 0 fully saturated rings. The van der Waals surface area contributed by atoms with E-state index in [1.54, 1.807) is 24.3 Å². The van der Waals surface area contributed by atoms with Crippen LogP contribution in [0.1, 0.15) is 10.6 Å². The Balaban J connectivity index is 2.21. The lowest BCUT2D eigenvalue weighted by Gasteiger charge is -2.02. The average molecular weight is 239 g/mol. The number of aromatic carboxylic acids is 1. The number of ether oxygens (including phenoxy) is 1. The van der Waals surface area contributed by atoms with Crippen LogP contribution in [0.2, 0.25) is 5.02 Å². The Bertz CT molecular complexity index is 518. The zero-order valence-electron chi connectivity index (χ0n) is 8.01. The molecule has 1 heterocycles. The van der Waals surface area contributed by atoms with E-state index in [0.29, 0.717) is 10.8 Å². The summed E-state index contributed by atoms with van der Waals surface area (Å²) < 4.78 is 10.2. The van der Waals surface area contributed by atoms with Crippen LogP contribution in [0.15, 0.2) is 40.8 Å². The summed E-state index contributed by atoms with van der Waals surface area (Å²) in [6.07, 6.45) is 0. The summed E-state index contributed by atoms with van der Waals surface area (Å²) >= 11 is 5.86. The van der Waals surface area contributed by atoms with Gasteiger partial charge in [-0.15, -0.1) is 0 Å². The summed E-state index contributed by atoms with van der Waals surface area (Å²) in [5, 5.41) is 9.07. The topological polar surface area (TPSA) is 59.7 Å². The summed E-state index contributed by atoms with van der Waals surface area (Å²) in [5.41, 5.74) is 0. The molecule has 0 amide bonds. The Kier molecular flexibility index (Phi) is 2.83. The van der Waals surface area contributed by atoms with Gasteiger partial charge in [0, 0.05) is 6.07 Å². The molecule has 1 N–H and O–H groups in total. The van der Waals surface area contributed by atoms with E-state index in [1.165, 1.54) is 12.1 Å². The summed E-state index contributed by atoms with van der Waals surface area (Å²) in [4.78, 5) is 10.6. The van der Waals surface area contributed by atoms with E-state index in [0.717, 1.165) is 0 Å². The number of halogens is 1. The average Bonchev–Trinajstić information content (AvgIpc) is 2.70. The number of carboxylic acid groups (broad SMARTS) is 1. The standard InChI is InChI=1S/C11H7ClO4/c12-7-3-1-2-4-8(7)15-10-6-5-9(16-10)11(13)14/h1-6H,(H,13,14). The number of rotatable bonds is 3. The Labute approximate surface area is 96.0 Å². The fourth-order valence-corrected chi connectivity index (χ4v) is 1.30. The summed E-state index contributed by atoms with van der Waals surface area (Å²) in [7, 11) is 0. The Morgan fingerprint density at radius 2 is 2.00 bits per heavy atom. The van der Waals surface area contributed by atoms with E-state index >= 15 is 0 Å². The first-order chi connectivity index (χ1) is 7.66. The highest BCUT2D eigenvalue weighted by Gasteiger charge is 2.11. The number of benzene rings is 1. The third-order valence-electron chi connectivity index (χ3n) is 1.84. The van der Waals surface area contributed by atoms with Crippen molar-refractivity contribution >= 4 is 17.6 Å². The molecule has 1 aromatic heterocycles. The number of carboxylic acids is 1. The Hall–Kier alpha value is -1.94. The molecule has 0 aliphatic rings. The van der Waals surface area contributed by atoms with Crippen LogP contribution in [-0.2, 0) is 0 Å². The van der Waals surface area contributed by atoms with Gasteiger partial charge in [0.25, 0.3) is 5.95 Å². The molecule has 0 aliphatic heterocycles. The molecule has 0 atom stereocenters. The highest BCUT2D eigenvalue weighted by molar-refractivity contribution is 6.32. The molecular formula is C11H7ClO4. The number of furan rings is 1. The smallest absolute Gasteiger partial charge is 0.371 e. The van der Waals surface area contributed by atoms with Gasteiger partial charge in [-0.3, -0.25) is 0 Å². The zero-order valence-corrected chi connectivity index (χ0v) is 8.77. The fraction of sp³-hybridized carbons (Fsp3) is 0. The second-order valence-corrected chi connectivity index (χ2v) is 3.36. The maximum Gasteiger partial charge on any atom is 0.371 e. The van der Waals surface area contributed by atoms with Crippen molar-refractivity contribution in [2.75, 3.05) is 0 Å². The minimum absolute atomic E-state index is 0.0884. The molecule has 0 unspecified atom stereocenters. The predicted molar refractivity (Wildman–Crippen MR) is 57.2 cm³/mol. The predicted octanol–water partition coefficient (Wildman–Crippen LogP) is 3.42. The molecule has 0 aliphatic carbocycles. The van der Waals surface area contributed by atoms with Gasteiger partial charge < -0.3 is 14.3 Å². The van der Waals surface area contributed by atoms with Crippen LogP contribution in [-0.4, -0.2) is 11.1 Å². The van der Waals surface area contributed by atoms with Crippen LogP contribution in [0.5, 0.6) is 11.7 Å². The zero-order chi connectivity index (χ0) is 11.5. The highest BCUT2D eigenvalue weighted by Crippen LogP contribution is 2.29. The minimum Gasteiger partial charge on any atom is -0.475 e. The molecule has 0 radical (unpaired) electrons. The van der Waals surface area contributed by atoms with Crippen LogP contribution in [0.3, 0.4) is 0 Å². The van der Waals surface area contributed by atoms with Gasteiger partial charge in [0.2, 0.25) is 5.76 Å². The van der Waals surface area contributed by atoms with Crippen LogP contribution < -0.4 is 4.74 Å². The second-order valence-electron chi connectivity index (χ2n) is 2.96. The van der Waals surface area contributed by atoms with Gasteiger partial charge in [-0.2, -0.15) is 0 Å². The van der Waals surface area contributed by atoms with Crippen molar-refractivity contribution in [1.82, 2.24) is 0 Å². The van der Waals surface area contributed by atoms with Crippen molar-refractivity contribution in [3.8, 4) is 11.7 Å². The molecule has 0 bridgehead atoms. The lowest BCUT2D eigenvalue weighted by molar-refractivity contribution is 0.0657. The Morgan fingerprint density at radius 3 is 2.62 bits per heavy atom. The number of hydrogen-bond acceptors (Lipinski definition) is 3. The van der Waals surface area contributed by atoms with E-state index in [4.69, 9.17) is 25.9 Å². The minimum atomic E-state index is -1.14. The van der Waals surface area contributed by atoms with Gasteiger partial charge in [-0.25, -0.2) is 4.79 Å². The summed E-state index contributed by atoms with van der Waals surface area (Å²) in [6, 6.07) is 9.58. The summed E-state index contributed by atoms with van der Waals surface area (Å²) in [5.74, 6) is -0.822. The first kappa shape index (κ1) is 10.6. The monoisotopic (exact) mass is 238 g/mol. The number of hydrogen-bond donors (Lipinski definition) is 1. The second kappa shape index (κ2) is 4.28. The Morgan fingerprint density at radius 1 is 1.25 bits per heavy atom. The van der Waals surface area contributed by atoms with Crippen molar-refractivity contribution in [2.24, 2.45) is 0 Å². The molecule has 2 aromatic rings. The molecular weight excluding hydrogens is 232 g/mol.